The van der Waals surface area contributed by atoms with Crippen molar-refractivity contribution in [2.75, 3.05) is 13.2 Å². The molecule has 3 heterocycles. The third kappa shape index (κ3) is 11.9. The number of nitrogens with zero attached hydrogens (tertiary/aromatic N) is 1. The second kappa shape index (κ2) is 18.6. The number of amides is 4. The topological polar surface area (TPSA) is 217 Å². The molecule has 8 N–H and O–H groups in total. The lowest BCUT2D eigenvalue weighted by molar-refractivity contribution is -0.133. The van der Waals surface area contributed by atoms with Gasteiger partial charge in [-0.15, -0.1) is 11.3 Å². The van der Waals surface area contributed by atoms with Gasteiger partial charge in [0.15, 0.2) is 11.0 Å². The van der Waals surface area contributed by atoms with Crippen molar-refractivity contribution in [1.82, 2.24) is 31.6 Å². The lowest BCUT2D eigenvalue weighted by Crippen LogP contribution is -2.58. The molecule has 0 aliphatic carbocycles. The number of nitrogens with one attached hydrogen (secondary N) is 6. The van der Waals surface area contributed by atoms with Gasteiger partial charge in [-0.2, -0.15) is 0 Å². The number of carbonyl (C=O) groups excluding carboxylic acids is 5. The zero-order chi connectivity index (χ0) is 36.9. The van der Waals surface area contributed by atoms with E-state index in [0.717, 1.165) is 10.3 Å². The summed E-state index contributed by atoms with van der Waals surface area (Å²) in [6, 6.07) is 10.3. The smallest absolute Gasteiger partial charge is 0.243 e. The van der Waals surface area contributed by atoms with Crippen molar-refractivity contribution < 1.29 is 28.7 Å². The molecule has 51 heavy (non-hydrogen) atoms. The quantitative estimate of drug-likeness (QED) is 0.0508. The van der Waals surface area contributed by atoms with Crippen LogP contribution in [0.5, 0.6) is 5.75 Å². The van der Waals surface area contributed by atoms with Gasteiger partial charge < -0.3 is 37.1 Å². The van der Waals surface area contributed by atoms with Crippen LogP contribution in [0.15, 0.2) is 60.7 Å². The number of thiazole rings is 1. The van der Waals surface area contributed by atoms with Crippen molar-refractivity contribution in [2.45, 2.75) is 77.0 Å². The highest BCUT2D eigenvalue weighted by Crippen LogP contribution is 2.23. The number of carbonyl (C=O) groups is 5. The van der Waals surface area contributed by atoms with E-state index in [2.05, 4.69) is 31.6 Å². The molecule has 1 unspecified atom stereocenters. The molecule has 272 valence electrons. The molecule has 15 heteroatoms. The number of rotatable bonds is 11. The maximum atomic E-state index is 14.1. The molecule has 0 radical (unpaired) electrons. The number of ketones is 1. The largest absolute Gasteiger partial charge is 0.490 e. The molecular weight excluding hydrogens is 673 g/mol. The Kier molecular flexibility index (Phi) is 14.1. The molecular formula is C36H46N8O6S. The van der Waals surface area contributed by atoms with Gasteiger partial charge in [0.25, 0.3) is 0 Å². The highest BCUT2D eigenvalue weighted by Gasteiger charge is 2.32. The number of hydrogen-bond donors (Lipinski definition) is 7. The SMILES string of the molecule is CC(=O)N[C@H]1C/C=C\COc2ccc(cc2)C[C@@H](C(=O)NC(CCCNC(=N)N)C(=O)c2nc3ccccc3s2)NC(=O)[C@H](CC(C)C)NC1=O. The first-order valence-electron chi connectivity index (χ1n) is 16.9. The van der Waals surface area contributed by atoms with E-state index in [-0.39, 0.29) is 55.0 Å². The fourth-order valence-corrected chi connectivity index (χ4v) is 6.49. The van der Waals surface area contributed by atoms with Crippen LogP contribution in [-0.4, -0.2) is 77.7 Å². The normalized spacial score (nSPS) is 19.6. The number of guanidine groups is 1. The third-order valence-electron chi connectivity index (χ3n) is 8.04. The molecule has 14 nitrogen and oxygen atoms in total. The number of para-hydroxylation sites is 1. The summed E-state index contributed by atoms with van der Waals surface area (Å²) in [6.45, 7) is 5.64. The Morgan fingerprint density at radius 2 is 1.80 bits per heavy atom. The Morgan fingerprint density at radius 1 is 1.06 bits per heavy atom. The Bertz CT molecular complexity index is 1710. The fourth-order valence-electron chi connectivity index (χ4n) is 5.53. The number of nitrogens with two attached hydrogens (primary N) is 1. The maximum absolute atomic E-state index is 14.1. The Hall–Kier alpha value is -5.31. The van der Waals surface area contributed by atoms with Gasteiger partial charge in [-0.3, -0.25) is 29.4 Å². The van der Waals surface area contributed by atoms with E-state index in [1.165, 1.54) is 18.3 Å². The molecule has 0 spiro atoms. The van der Waals surface area contributed by atoms with Gasteiger partial charge in [0, 0.05) is 19.9 Å². The molecule has 0 saturated heterocycles. The van der Waals surface area contributed by atoms with E-state index < -0.39 is 47.8 Å². The number of benzene rings is 2. The van der Waals surface area contributed by atoms with Crippen molar-refractivity contribution in [3.8, 4) is 5.75 Å². The molecule has 2 bridgehead atoms. The summed E-state index contributed by atoms with van der Waals surface area (Å²) in [5.74, 6) is -2.16. The zero-order valence-electron chi connectivity index (χ0n) is 29.0. The van der Waals surface area contributed by atoms with Crippen molar-refractivity contribution in [1.29, 1.82) is 5.41 Å². The highest BCUT2D eigenvalue weighted by molar-refractivity contribution is 7.20. The Labute approximate surface area is 300 Å². The number of aromatic nitrogens is 1. The van der Waals surface area contributed by atoms with Gasteiger partial charge in [-0.1, -0.05) is 50.3 Å². The average Bonchev–Trinajstić information content (AvgIpc) is 3.52. The van der Waals surface area contributed by atoms with Crippen LogP contribution < -0.4 is 37.1 Å². The van der Waals surface area contributed by atoms with E-state index in [1.807, 2.05) is 32.0 Å². The Morgan fingerprint density at radius 3 is 2.49 bits per heavy atom. The Balaban J connectivity index is 1.64. The minimum absolute atomic E-state index is 0.00865. The third-order valence-corrected chi connectivity index (χ3v) is 9.09. The summed E-state index contributed by atoms with van der Waals surface area (Å²) < 4.78 is 6.62. The summed E-state index contributed by atoms with van der Waals surface area (Å²) in [4.78, 5) is 71.8. The van der Waals surface area contributed by atoms with Crippen LogP contribution in [0.2, 0.25) is 0 Å². The lowest BCUT2D eigenvalue weighted by Gasteiger charge is -2.27. The van der Waals surface area contributed by atoms with E-state index in [1.54, 1.807) is 42.5 Å². The molecule has 2 aliphatic rings. The van der Waals surface area contributed by atoms with E-state index in [9.17, 15) is 24.0 Å². The average molecular weight is 719 g/mol. The fraction of sp³-hybridized carbons (Fsp3) is 0.417. The van der Waals surface area contributed by atoms with Crippen LogP contribution in [0.25, 0.3) is 10.2 Å². The molecule has 2 aromatic carbocycles. The number of hydrogen-bond acceptors (Lipinski definition) is 9. The van der Waals surface area contributed by atoms with Crippen LogP contribution in [0.1, 0.15) is 61.8 Å². The highest BCUT2D eigenvalue weighted by atomic mass is 32.1. The molecule has 3 aromatic rings. The summed E-state index contributed by atoms with van der Waals surface area (Å²) in [5, 5.41) is 21.5. The second-order valence-corrected chi connectivity index (χ2v) is 13.8. The van der Waals surface area contributed by atoms with Crippen molar-refractivity contribution in [3.63, 3.8) is 0 Å². The predicted molar refractivity (Wildman–Crippen MR) is 195 cm³/mol. The van der Waals surface area contributed by atoms with Crippen LogP contribution in [0, 0.1) is 11.3 Å². The van der Waals surface area contributed by atoms with Gasteiger partial charge in [0.05, 0.1) is 16.3 Å². The number of Topliss-reactive ketones (excluding diaryl/α,β-unsaturated/α-hetero) is 1. The van der Waals surface area contributed by atoms with Crippen molar-refractivity contribution in [2.24, 2.45) is 11.7 Å². The molecule has 5 rings (SSSR count). The van der Waals surface area contributed by atoms with Crippen molar-refractivity contribution >= 4 is 56.9 Å². The van der Waals surface area contributed by atoms with E-state index >= 15 is 0 Å². The summed E-state index contributed by atoms with van der Waals surface area (Å²) in [6.07, 6.45) is 4.58. The van der Waals surface area contributed by atoms with Crippen LogP contribution in [0.4, 0.5) is 0 Å². The minimum atomic E-state index is -1.14. The first-order chi connectivity index (χ1) is 24.4. The standard InChI is InChI=1S/C36H46N8O6S/c1-21(2)19-28-33(48)43-29(20-23-13-15-24(16-14-23)50-18-7-6-10-27(32(47)42-28)40-22(3)45)34(49)41-26(11-8-17-39-36(37)38)31(46)35-44-25-9-4-5-12-30(25)51-35/h4-7,9,12-16,21,26-29H,8,10-11,17-20H2,1-3H3,(H,40,45)(H,41,49)(H,42,47)(H,43,48)(H4,37,38,39)/b7-6-/t26?,27-,28-,29-/m0/s1. The van der Waals surface area contributed by atoms with Gasteiger partial charge in [-0.05, 0) is 61.4 Å². The van der Waals surface area contributed by atoms with Crippen molar-refractivity contribution in [3.05, 3.63) is 71.3 Å². The van der Waals surface area contributed by atoms with E-state index in [0.29, 0.717) is 24.2 Å². The van der Waals surface area contributed by atoms with Gasteiger partial charge in [-0.25, -0.2) is 4.98 Å². The summed E-state index contributed by atoms with van der Waals surface area (Å²) in [7, 11) is 0. The monoisotopic (exact) mass is 718 g/mol. The van der Waals surface area contributed by atoms with Gasteiger partial charge >= 0.3 is 0 Å². The summed E-state index contributed by atoms with van der Waals surface area (Å²) in [5.41, 5.74) is 6.82. The molecule has 0 fully saturated rings. The van der Waals surface area contributed by atoms with Crippen LogP contribution in [-0.2, 0) is 25.6 Å². The van der Waals surface area contributed by atoms with Gasteiger partial charge in [0.2, 0.25) is 29.4 Å². The minimum Gasteiger partial charge on any atom is -0.490 e. The number of ether oxygens (including phenoxy) is 1. The first-order valence-corrected chi connectivity index (χ1v) is 17.7. The van der Waals surface area contributed by atoms with E-state index in [4.69, 9.17) is 15.9 Å². The molecule has 0 saturated carbocycles. The molecule has 2 aliphatic heterocycles. The predicted octanol–water partition coefficient (Wildman–Crippen LogP) is 2.33. The lowest BCUT2D eigenvalue weighted by atomic mass is 9.99. The summed E-state index contributed by atoms with van der Waals surface area (Å²) >= 11 is 1.22. The number of fused-ring (bicyclic) bond motifs is 14. The maximum Gasteiger partial charge on any atom is 0.243 e. The zero-order valence-corrected chi connectivity index (χ0v) is 29.8. The van der Waals surface area contributed by atoms with Gasteiger partial charge in [0.1, 0.15) is 30.5 Å². The van der Waals surface area contributed by atoms with Crippen LogP contribution >= 0.6 is 11.3 Å². The molecule has 4 amide bonds. The second-order valence-electron chi connectivity index (χ2n) is 12.8. The van der Waals surface area contributed by atoms with Crippen LogP contribution in [0.3, 0.4) is 0 Å². The molecule has 1 aromatic heterocycles. The first kappa shape index (κ1) is 38.5. The molecule has 4 atom stereocenters.